The van der Waals surface area contributed by atoms with Gasteiger partial charge in [-0.1, -0.05) is 12.1 Å². The Morgan fingerprint density at radius 2 is 2.12 bits per heavy atom. The number of hydrogen-bond donors (Lipinski definition) is 1. The first-order valence-corrected chi connectivity index (χ1v) is 5.94. The average molecular weight is 218 g/mol. The van der Waals surface area contributed by atoms with E-state index in [2.05, 4.69) is 6.07 Å². The number of fused-ring (bicyclic) bond motifs is 1. The topological polar surface area (TPSA) is 37.3 Å². The van der Waals surface area contributed by atoms with Crippen molar-refractivity contribution in [3.05, 3.63) is 34.9 Å². The van der Waals surface area contributed by atoms with Gasteiger partial charge in [-0.05, 0) is 55.7 Å². The fourth-order valence-electron chi connectivity index (χ4n) is 2.51. The number of hydrogen-bond acceptors (Lipinski definition) is 2. The van der Waals surface area contributed by atoms with Crippen molar-refractivity contribution in [2.24, 2.45) is 5.92 Å². The Bertz CT molecular complexity index is 396. The van der Waals surface area contributed by atoms with E-state index in [4.69, 9.17) is 5.11 Å². The maximum Gasteiger partial charge on any atom is 0.159 e. The minimum Gasteiger partial charge on any atom is -0.396 e. The molecular formula is C14H18O2. The van der Waals surface area contributed by atoms with E-state index in [0.717, 1.165) is 31.2 Å². The number of carbonyl (C=O) groups excluding carboxylic acids is 1. The molecule has 86 valence electrons. The van der Waals surface area contributed by atoms with Crippen molar-refractivity contribution in [1.29, 1.82) is 0 Å². The summed E-state index contributed by atoms with van der Waals surface area (Å²) in [5, 5.41) is 8.82. The Morgan fingerprint density at radius 1 is 1.38 bits per heavy atom. The summed E-state index contributed by atoms with van der Waals surface area (Å²) in [7, 11) is 0. The van der Waals surface area contributed by atoms with Crippen molar-refractivity contribution in [3.63, 3.8) is 0 Å². The van der Waals surface area contributed by atoms with Crippen LogP contribution in [0.5, 0.6) is 0 Å². The van der Waals surface area contributed by atoms with Gasteiger partial charge < -0.3 is 5.11 Å². The van der Waals surface area contributed by atoms with Crippen molar-refractivity contribution in [2.45, 2.75) is 32.6 Å². The number of aliphatic hydroxyl groups excluding tert-OH is 1. The van der Waals surface area contributed by atoms with Crippen molar-refractivity contribution in [2.75, 3.05) is 6.61 Å². The standard InChI is InChI=1S/C14H18O2/c1-10(16)12-4-5-13-7-11(3-2-6-15)8-14(13)9-12/h4-5,9,11,15H,2-3,6-8H2,1H3/t11-/m0/s1. The summed E-state index contributed by atoms with van der Waals surface area (Å²) < 4.78 is 0. The highest BCUT2D eigenvalue weighted by molar-refractivity contribution is 5.94. The highest BCUT2D eigenvalue weighted by Gasteiger charge is 2.21. The molecule has 1 atom stereocenters. The second-order valence-electron chi connectivity index (χ2n) is 4.68. The van der Waals surface area contributed by atoms with Gasteiger partial charge in [-0.15, -0.1) is 0 Å². The van der Waals surface area contributed by atoms with Crippen LogP contribution in [0.25, 0.3) is 0 Å². The third kappa shape index (κ3) is 2.33. The molecule has 1 aromatic carbocycles. The molecule has 0 spiro atoms. The predicted molar refractivity (Wildman–Crippen MR) is 63.7 cm³/mol. The van der Waals surface area contributed by atoms with Crippen LogP contribution in [0, 0.1) is 5.92 Å². The number of carbonyl (C=O) groups is 1. The summed E-state index contributed by atoms with van der Waals surface area (Å²) in [6.45, 7) is 1.89. The van der Waals surface area contributed by atoms with Gasteiger partial charge in [0.1, 0.15) is 0 Å². The van der Waals surface area contributed by atoms with Crippen molar-refractivity contribution >= 4 is 5.78 Å². The molecule has 1 N–H and O–H groups in total. The molecule has 2 heteroatoms. The Morgan fingerprint density at radius 3 is 2.81 bits per heavy atom. The zero-order chi connectivity index (χ0) is 11.5. The molecule has 0 amide bonds. The molecular weight excluding hydrogens is 200 g/mol. The molecule has 2 rings (SSSR count). The van der Waals surface area contributed by atoms with E-state index in [-0.39, 0.29) is 12.4 Å². The van der Waals surface area contributed by atoms with Gasteiger partial charge >= 0.3 is 0 Å². The van der Waals surface area contributed by atoms with Crippen LogP contribution in [-0.4, -0.2) is 17.5 Å². The van der Waals surface area contributed by atoms with Crippen LogP contribution in [0.15, 0.2) is 18.2 Å². The van der Waals surface area contributed by atoms with Gasteiger partial charge in [0.05, 0.1) is 0 Å². The summed E-state index contributed by atoms with van der Waals surface area (Å²) in [6.07, 6.45) is 4.14. The predicted octanol–water partition coefficient (Wildman–Crippen LogP) is 2.38. The average Bonchev–Trinajstić information content (AvgIpc) is 2.67. The van der Waals surface area contributed by atoms with Gasteiger partial charge in [0.25, 0.3) is 0 Å². The van der Waals surface area contributed by atoms with E-state index in [0.29, 0.717) is 5.92 Å². The van der Waals surface area contributed by atoms with E-state index in [1.54, 1.807) is 6.92 Å². The molecule has 16 heavy (non-hydrogen) atoms. The lowest BCUT2D eigenvalue weighted by atomic mass is 10.0. The monoisotopic (exact) mass is 218 g/mol. The van der Waals surface area contributed by atoms with Gasteiger partial charge in [-0.25, -0.2) is 0 Å². The first-order chi connectivity index (χ1) is 7.70. The number of ketones is 1. The third-order valence-electron chi connectivity index (χ3n) is 3.40. The van der Waals surface area contributed by atoms with Crippen LogP contribution in [0.1, 0.15) is 41.3 Å². The largest absolute Gasteiger partial charge is 0.396 e. The van der Waals surface area contributed by atoms with Crippen LogP contribution in [0.2, 0.25) is 0 Å². The van der Waals surface area contributed by atoms with Crippen molar-refractivity contribution in [1.82, 2.24) is 0 Å². The zero-order valence-corrected chi connectivity index (χ0v) is 9.70. The second-order valence-corrected chi connectivity index (χ2v) is 4.68. The summed E-state index contributed by atoms with van der Waals surface area (Å²) in [6, 6.07) is 6.05. The SMILES string of the molecule is CC(=O)c1ccc2c(c1)C[C@@H](CCCO)C2. The Labute approximate surface area is 96.3 Å². The van der Waals surface area contributed by atoms with E-state index >= 15 is 0 Å². The molecule has 2 nitrogen and oxygen atoms in total. The van der Waals surface area contributed by atoms with Crippen LogP contribution in [0.4, 0.5) is 0 Å². The number of Topliss-reactive ketones (excluding diaryl/α,β-unsaturated/α-hetero) is 1. The van der Waals surface area contributed by atoms with Crippen LogP contribution >= 0.6 is 0 Å². The Kier molecular flexibility index (Phi) is 3.39. The first-order valence-electron chi connectivity index (χ1n) is 5.94. The first kappa shape index (κ1) is 11.3. The normalized spacial score (nSPS) is 18.5. The lowest BCUT2D eigenvalue weighted by molar-refractivity contribution is 0.101. The fourth-order valence-corrected chi connectivity index (χ4v) is 2.51. The maximum atomic E-state index is 11.3. The van der Waals surface area contributed by atoms with Gasteiger partial charge in [-0.2, -0.15) is 0 Å². The van der Waals surface area contributed by atoms with E-state index < -0.39 is 0 Å². The van der Waals surface area contributed by atoms with Crippen LogP contribution in [-0.2, 0) is 12.8 Å². The van der Waals surface area contributed by atoms with Crippen molar-refractivity contribution < 1.29 is 9.90 Å². The van der Waals surface area contributed by atoms with Gasteiger partial charge in [0.2, 0.25) is 0 Å². The molecule has 0 bridgehead atoms. The van der Waals surface area contributed by atoms with Crippen LogP contribution in [0.3, 0.4) is 0 Å². The summed E-state index contributed by atoms with van der Waals surface area (Å²) in [5.74, 6) is 0.797. The molecule has 1 aromatic rings. The van der Waals surface area contributed by atoms with Gasteiger partial charge in [0, 0.05) is 12.2 Å². The third-order valence-corrected chi connectivity index (χ3v) is 3.40. The molecule has 0 unspecified atom stereocenters. The molecule has 0 fully saturated rings. The minimum atomic E-state index is 0.140. The molecule has 0 radical (unpaired) electrons. The van der Waals surface area contributed by atoms with Gasteiger partial charge in [-0.3, -0.25) is 4.79 Å². The van der Waals surface area contributed by atoms with Crippen LogP contribution < -0.4 is 0 Å². The fraction of sp³-hybridized carbons (Fsp3) is 0.500. The molecule has 0 heterocycles. The highest BCUT2D eigenvalue weighted by atomic mass is 16.2. The highest BCUT2D eigenvalue weighted by Crippen LogP contribution is 2.30. The number of aliphatic hydroxyl groups is 1. The van der Waals surface area contributed by atoms with E-state index in [1.165, 1.54) is 11.1 Å². The molecule has 0 saturated carbocycles. The number of benzene rings is 1. The Balaban J connectivity index is 2.09. The minimum absolute atomic E-state index is 0.140. The summed E-state index contributed by atoms with van der Waals surface area (Å²) in [5.41, 5.74) is 3.53. The van der Waals surface area contributed by atoms with Gasteiger partial charge in [0.15, 0.2) is 5.78 Å². The molecule has 0 saturated heterocycles. The van der Waals surface area contributed by atoms with E-state index in [1.807, 2.05) is 12.1 Å². The molecule has 0 aromatic heterocycles. The molecule has 1 aliphatic rings. The van der Waals surface area contributed by atoms with E-state index in [9.17, 15) is 4.79 Å². The van der Waals surface area contributed by atoms with Crippen molar-refractivity contribution in [3.8, 4) is 0 Å². The second kappa shape index (κ2) is 4.79. The lowest BCUT2D eigenvalue weighted by Crippen LogP contribution is -2.00. The number of rotatable bonds is 4. The molecule has 1 aliphatic carbocycles. The Hall–Kier alpha value is -1.15. The maximum absolute atomic E-state index is 11.3. The zero-order valence-electron chi connectivity index (χ0n) is 9.70. The summed E-state index contributed by atoms with van der Waals surface area (Å²) >= 11 is 0. The quantitative estimate of drug-likeness (QED) is 0.788. The lowest BCUT2D eigenvalue weighted by Gasteiger charge is -2.05. The summed E-state index contributed by atoms with van der Waals surface area (Å²) in [4.78, 5) is 11.3. The molecule has 0 aliphatic heterocycles. The smallest absolute Gasteiger partial charge is 0.159 e.